The van der Waals surface area contributed by atoms with Gasteiger partial charge in [-0.1, -0.05) is 60.5 Å². The Hall–Kier alpha value is -3.85. The average molecular weight is 580 g/mol. The number of sulfonamides is 1. The van der Waals surface area contributed by atoms with Crippen molar-refractivity contribution >= 4 is 27.5 Å². The lowest BCUT2D eigenvalue weighted by atomic mass is 10.1. The van der Waals surface area contributed by atoms with E-state index in [1.165, 1.54) is 24.1 Å². The van der Waals surface area contributed by atoms with Gasteiger partial charge < -0.3 is 15.0 Å². The molecule has 0 aromatic heterocycles. The molecule has 3 aromatic carbocycles. The first-order chi connectivity index (χ1) is 19.4. The van der Waals surface area contributed by atoms with Gasteiger partial charge in [-0.3, -0.25) is 13.9 Å². The van der Waals surface area contributed by atoms with Gasteiger partial charge in [0.05, 0.1) is 17.7 Å². The maximum absolute atomic E-state index is 14.2. The first-order valence-electron chi connectivity index (χ1n) is 13.8. The van der Waals surface area contributed by atoms with E-state index in [0.717, 1.165) is 26.6 Å². The molecule has 0 spiro atoms. The van der Waals surface area contributed by atoms with Gasteiger partial charge >= 0.3 is 0 Å². The Morgan fingerprint density at radius 1 is 0.902 bits per heavy atom. The summed E-state index contributed by atoms with van der Waals surface area (Å²) in [4.78, 5) is 29.0. The van der Waals surface area contributed by atoms with Crippen molar-refractivity contribution < 1.29 is 22.7 Å². The number of anilines is 1. The molecular weight excluding hydrogens is 538 g/mol. The van der Waals surface area contributed by atoms with Crippen molar-refractivity contribution in [2.45, 2.75) is 71.5 Å². The lowest BCUT2D eigenvalue weighted by Gasteiger charge is -2.34. The highest BCUT2D eigenvalue weighted by Gasteiger charge is 2.35. The Bertz CT molecular complexity index is 1470. The summed E-state index contributed by atoms with van der Waals surface area (Å²) >= 11 is 0. The normalized spacial score (nSPS) is 12.1. The number of hydrogen-bond donors (Lipinski definition) is 1. The van der Waals surface area contributed by atoms with E-state index in [1.54, 1.807) is 24.3 Å². The zero-order valence-electron chi connectivity index (χ0n) is 25.0. The number of methoxy groups -OCH3 is 1. The summed E-state index contributed by atoms with van der Waals surface area (Å²) < 4.78 is 34.9. The second-order valence-electron chi connectivity index (χ2n) is 10.6. The molecule has 0 aliphatic heterocycles. The highest BCUT2D eigenvalue weighted by atomic mass is 32.2. The largest absolute Gasteiger partial charge is 0.495 e. The van der Waals surface area contributed by atoms with Crippen molar-refractivity contribution in [2.24, 2.45) is 0 Å². The van der Waals surface area contributed by atoms with Gasteiger partial charge in [-0.05, 0) is 76.4 Å². The van der Waals surface area contributed by atoms with Crippen LogP contribution >= 0.6 is 0 Å². The van der Waals surface area contributed by atoms with E-state index < -0.39 is 28.5 Å². The molecule has 3 rings (SSSR count). The summed E-state index contributed by atoms with van der Waals surface area (Å²) in [6.07, 6.45) is 0.356. The Morgan fingerprint density at radius 3 is 2.12 bits per heavy atom. The minimum atomic E-state index is -4.19. The fourth-order valence-corrected chi connectivity index (χ4v) is 6.07. The molecule has 0 radical (unpaired) electrons. The molecule has 0 saturated carbocycles. The van der Waals surface area contributed by atoms with E-state index >= 15 is 0 Å². The molecule has 0 bridgehead atoms. The molecule has 1 N–H and O–H groups in total. The third-order valence-electron chi connectivity index (χ3n) is 6.74. The quantitative estimate of drug-likeness (QED) is 0.320. The molecule has 41 heavy (non-hydrogen) atoms. The number of aryl methyl sites for hydroxylation is 3. The number of nitrogens with zero attached hydrogens (tertiary/aromatic N) is 2. The molecule has 0 unspecified atom stereocenters. The molecule has 8 nitrogen and oxygen atoms in total. The molecule has 2 amide bonds. The Morgan fingerprint density at radius 2 is 1.54 bits per heavy atom. The van der Waals surface area contributed by atoms with Crippen molar-refractivity contribution in [3.8, 4) is 5.75 Å². The zero-order valence-corrected chi connectivity index (χ0v) is 25.8. The molecule has 0 fully saturated rings. The minimum Gasteiger partial charge on any atom is -0.495 e. The van der Waals surface area contributed by atoms with Crippen molar-refractivity contribution in [3.05, 3.63) is 89.0 Å². The van der Waals surface area contributed by atoms with E-state index in [9.17, 15) is 18.0 Å². The van der Waals surface area contributed by atoms with Crippen LogP contribution in [-0.2, 0) is 26.2 Å². The maximum atomic E-state index is 14.2. The van der Waals surface area contributed by atoms with Gasteiger partial charge in [-0.15, -0.1) is 0 Å². The third-order valence-corrected chi connectivity index (χ3v) is 8.52. The molecule has 0 saturated heterocycles. The van der Waals surface area contributed by atoms with Gasteiger partial charge in [0.15, 0.2) is 0 Å². The first kappa shape index (κ1) is 31.7. The molecule has 0 heterocycles. The monoisotopic (exact) mass is 579 g/mol. The fourth-order valence-electron chi connectivity index (χ4n) is 4.65. The molecule has 3 aromatic rings. The second-order valence-corrected chi connectivity index (χ2v) is 12.5. The van der Waals surface area contributed by atoms with E-state index in [2.05, 4.69) is 5.32 Å². The summed E-state index contributed by atoms with van der Waals surface area (Å²) in [7, 11) is -2.74. The summed E-state index contributed by atoms with van der Waals surface area (Å²) in [5.74, 6) is -0.477. The number of ether oxygens (including phenoxy) is 1. The molecular formula is C32H41N3O5S. The molecule has 9 heteroatoms. The van der Waals surface area contributed by atoms with Crippen LogP contribution in [0.15, 0.2) is 71.6 Å². The standard InChI is InChI=1S/C32H41N3O5S/c1-8-28(32(37)33-22(2)3)34(20-26-11-9-10-24(5)18-26)31(36)21-35(29-19-25(6)14-17-30(29)40-7)41(38,39)27-15-12-23(4)13-16-27/h9-19,22,28H,8,20-21H2,1-7H3,(H,33,37)/t28-/m0/s1. The predicted molar refractivity (Wildman–Crippen MR) is 163 cm³/mol. The SMILES string of the molecule is CC[C@@H](C(=O)NC(C)C)N(Cc1cccc(C)c1)C(=O)CN(c1cc(C)ccc1OC)S(=O)(=O)c1ccc(C)cc1. The molecule has 220 valence electrons. The summed E-state index contributed by atoms with van der Waals surface area (Å²) in [5.41, 5.74) is 3.82. The lowest BCUT2D eigenvalue weighted by Crippen LogP contribution is -2.53. The van der Waals surface area contributed by atoms with Gasteiger partial charge in [-0.2, -0.15) is 0 Å². The van der Waals surface area contributed by atoms with Crippen molar-refractivity contribution in [3.63, 3.8) is 0 Å². The van der Waals surface area contributed by atoms with Crippen LogP contribution in [0.5, 0.6) is 5.75 Å². The number of carbonyl (C=O) groups is 2. The number of hydrogen-bond acceptors (Lipinski definition) is 5. The van der Waals surface area contributed by atoms with Gasteiger partial charge in [-0.25, -0.2) is 8.42 Å². The zero-order chi connectivity index (χ0) is 30.3. The van der Waals surface area contributed by atoms with Crippen LogP contribution in [-0.4, -0.2) is 50.9 Å². The van der Waals surface area contributed by atoms with Gasteiger partial charge in [0.2, 0.25) is 11.8 Å². The van der Waals surface area contributed by atoms with Crippen LogP contribution in [0.25, 0.3) is 0 Å². The summed E-state index contributed by atoms with van der Waals surface area (Å²) in [6, 6.07) is 18.5. The highest BCUT2D eigenvalue weighted by Crippen LogP contribution is 2.34. The molecule has 0 aliphatic rings. The van der Waals surface area contributed by atoms with Crippen molar-refractivity contribution in [1.29, 1.82) is 0 Å². The fraction of sp³-hybridized carbons (Fsp3) is 0.375. The van der Waals surface area contributed by atoms with E-state index in [0.29, 0.717) is 12.2 Å². The van der Waals surface area contributed by atoms with Crippen LogP contribution in [0.4, 0.5) is 5.69 Å². The van der Waals surface area contributed by atoms with Crippen LogP contribution in [0.1, 0.15) is 49.4 Å². The predicted octanol–water partition coefficient (Wildman–Crippen LogP) is 5.15. The molecule has 0 aliphatic carbocycles. The van der Waals surface area contributed by atoms with Gasteiger partial charge in [0, 0.05) is 12.6 Å². The van der Waals surface area contributed by atoms with Gasteiger partial charge in [0.25, 0.3) is 10.0 Å². The van der Waals surface area contributed by atoms with Crippen LogP contribution in [0, 0.1) is 20.8 Å². The van der Waals surface area contributed by atoms with Crippen LogP contribution in [0.3, 0.4) is 0 Å². The number of carbonyl (C=O) groups excluding carboxylic acids is 2. The summed E-state index contributed by atoms with van der Waals surface area (Å²) in [6.45, 7) is 10.9. The van der Waals surface area contributed by atoms with Crippen molar-refractivity contribution in [2.75, 3.05) is 18.0 Å². The topological polar surface area (TPSA) is 96.0 Å². The molecule has 1 atom stereocenters. The lowest BCUT2D eigenvalue weighted by molar-refractivity contribution is -0.140. The Labute approximate surface area is 244 Å². The van der Waals surface area contributed by atoms with Crippen LogP contribution < -0.4 is 14.4 Å². The third kappa shape index (κ3) is 7.88. The van der Waals surface area contributed by atoms with E-state index in [-0.39, 0.29) is 29.1 Å². The average Bonchev–Trinajstić information content (AvgIpc) is 2.91. The Balaban J connectivity index is 2.14. The van der Waals surface area contributed by atoms with E-state index in [4.69, 9.17) is 4.74 Å². The summed E-state index contributed by atoms with van der Waals surface area (Å²) in [5, 5.41) is 2.91. The smallest absolute Gasteiger partial charge is 0.264 e. The highest BCUT2D eigenvalue weighted by molar-refractivity contribution is 7.92. The Kier molecular flexibility index (Phi) is 10.6. The number of benzene rings is 3. The maximum Gasteiger partial charge on any atom is 0.264 e. The number of nitrogens with one attached hydrogen (secondary N) is 1. The van der Waals surface area contributed by atoms with Gasteiger partial charge in [0.1, 0.15) is 18.3 Å². The first-order valence-corrected chi connectivity index (χ1v) is 15.2. The van der Waals surface area contributed by atoms with Crippen molar-refractivity contribution in [1.82, 2.24) is 10.2 Å². The second kappa shape index (κ2) is 13.7. The minimum absolute atomic E-state index is 0.0503. The van der Waals surface area contributed by atoms with E-state index in [1.807, 2.05) is 71.9 Å². The van der Waals surface area contributed by atoms with Crippen LogP contribution in [0.2, 0.25) is 0 Å². The number of amides is 2. The number of rotatable bonds is 12.